The van der Waals surface area contributed by atoms with Crippen molar-refractivity contribution in [1.29, 1.82) is 0 Å². The second-order valence-corrected chi connectivity index (χ2v) is 3.09. The number of carbonyl (C=O) groups is 1. The van der Waals surface area contributed by atoms with E-state index >= 15 is 0 Å². The van der Waals surface area contributed by atoms with Gasteiger partial charge in [-0.05, 0) is 22.8 Å². The molecular formula is C9H8N6O. The Hall–Kier alpha value is -2.53. The van der Waals surface area contributed by atoms with Gasteiger partial charge in [-0.1, -0.05) is 0 Å². The van der Waals surface area contributed by atoms with Crippen LogP contribution in [-0.2, 0) is 7.05 Å². The van der Waals surface area contributed by atoms with Gasteiger partial charge in [0.2, 0.25) is 0 Å². The Morgan fingerprint density at radius 2 is 2.19 bits per heavy atom. The summed E-state index contributed by atoms with van der Waals surface area (Å²) in [6, 6.07) is 3.66. The molecule has 7 heteroatoms. The number of hydrogen-bond acceptors (Lipinski definition) is 2. The molecular weight excluding hydrogens is 208 g/mol. The van der Waals surface area contributed by atoms with Crippen LogP contribution in [0.5, 0.6) is 0 Å². The van der Waals surface area contributed by atoms with Gasteiger partial charge in [0.1, 0.15) is 5.82 Å². The Morgan fingerprint density at radius 1 is 1.50 bits per heavy atom. The normalized spacial score (nSPS) is 9.81. The van der Waals surface area contributed by atoms with Crippen LogP contribution in [0, 0.1) is 0 Å². The summed E-state index contributed by atoms with van der Waals surface area (Å²) in [7, 11) is 1.71. The first-order valence-electron chi connectivity index (χ1n) is 4.49. The van der Waals surface area contributed by atoms with Crippen LogP contribution in [0.1, 0.15) is 10.4 Å². The Morgan fingerprint density at radius 3 is 2.81 bits per heavy atom. The van der Waals surface area contributed by atoms with Gasteiger partial charge in [0.25, 0.3) is 5.91 Å². The largest absolute Gasteiger partial charge is 0.308 e. The van der Waals surface area contributed by atoms with E-state index < -0.39 is 5.91 Å². The molecule has 2 rings (SSSR count). The van der Waals surface area contributed by atoms with E-state index in [4.69, 9.17) is 5.53 Å². The topological polar surface area (TPSA) is 88.6 Å². The van der Waals surface area contributed by atoms with E-state index in [9.17, 15) is 4.79 Å². The second kappa shape index (κ2) is 3.92. The summed E-state index contributed by atoms with van der Waals surface area (Å²) >= 11 is 0. The highest BCUT2D eigenvalue weighted by Crippen LogP contribution is 2.14. The highest BCUT2D eigenvalue weighted by Gasteiger charge is 2.15. The maximum atomic E-state index is 11.5. The predicted octanol–water partition coefficient (Wildman–Crippen LogP) is 1.66. The lowest BCUT2D eigenvalue weighted by Crippen LogP contribution is -2.05. The van der Waals surface area contributed by atoms with Crippen molar-refractivity contribution < 1.29 is 4.79 Å². The molecule has 0 spiro atoms. The number of aryl methyl sites for hydroxylation is 1. The Bertz CT molecular complexity index is 561. The summed E-state index contributed by atoms with van der Waals surface area (Å²) < 4.78 is 3.27. The molecule has 80 valence electrons. The number of hydrogen-bond donors (Lipinski definition) is 0. The van der Waals surface area contributed by atoms with Gasteiger partial charge in [0.15, 0.2) is 0 Å². The first kappa shape index (κ1) is 10.0. The fourth-order valence-electron chi connectivity index (χ4n) is 1.46. The smallest absolute Gasteiger partial charge is 0.254 e. The van der Waals surface area contributed by atoms with E-state index in [0.717, 1.165) is 0 Å². The molecule has 0 fully saturated rings. The number of rotatable bonds is 2. The van der Waals surface area contributed by atoms with Crippen LogP contribution >= 0.6 is 0 Å². The molecule has 16 heavy (non-hydrogen) atoms. The third-order valence-corrected chi connectivity index (χ3v) is 2.12. The minimum atomic E-state index is -0.640. The zero-order valence-corrected chi connectivity index (χ0v) is 8.48. The third kappa shape index (κ3) is 1.55. The molecule has 0 aromatic carbocycles. The average molecular weight is 216 g/mol. The zero-order chi connectivity index (χ0) is 11.5. The second-order valence-electron chi connectivity index (χ2n) is 3.09. The van der Waals surface area contributed by atoms with Gasteiger partial charge >= 0.3 is 0 Å². The van der Waals surface area contributed by atoms with Crippen LogP contribution in [0.4, 0.5) is 0 Å². The molecule has 2 heterocycles. The van der Waals surface area contributed by atoms with Crippen molar-refractivity contribution >= 4 is 5.91 Å². The Balaban J connectivity index is 2.57. The summed E-state index contributed by atoms with van der Waals surface area (Å²) in [5.41, 5.74) is 8.50. The lowest BCUT2D eigenvalue weighted by molar-refractivity contribution is 0.100. The fourth-order valence-corrected chi connectivity index (χ4v) is 1.46. The Kier molecular flexibility index (Phi) is 2.45. The molecule has 0 bridgehead atoms. The van der Waals surface area contributed by atoms with Crippen LogP contribution in [0.15, 0.2) is 35.8 Å². The van der Waals surface area contributed by atoms with Crippen LogP contribution < -0.4 is 0 Å². The van der Waals surface area contributed by atoms with Gasteiger partial charge < -0.3 is 4.57 Å². The van der Waals surface area contributed by atoms with Crippen LogP contribution in [0.3, 0.4) is 0 Å². The summed E-state index contributed by atoms with van der Waals surface area (Å²) in [5, 5.41) is 7.02. The van der Waals surface area contributed by atoms with Crippen molar-refractivity contribution in [2.75, 3.05) is 0 Å². The Labute approximate surface area is 90.5 Å². The minimum Gasteiger partial charge on any atom is -0.308 e. The van der Waals surface area contributed by atoms with Crippen molar-refractivity contribution in [3.05, 3.63) is 46.7 Å². The zero-order valence-electron chi connectivity index (χ0n) is 8.48. The molecule has 2 aromatic heterocycles. The highest BCUT2D eigenvalue weighted by atomic mass is 16.1. The summed E-state index contributed by atoms with van der Waals surface area (Å²) in [5.74, 6) is -0.0679. The van der Waals surface area contributed by atoms with Gasteiger partial charge in [0.05, 0.1) is 11.8 Å². The maximum Gasteiger partial charge on any atom is 0.254 e. The van der Waals surface area contributed by atoms with E-state index in [1.807, 2.05) is 12.1 Å². The van der Waals surface area contributed by atoms with Crippen molar-refractivity contribution in [3.63, 3.8) is 0 Å². The quantitative estimate of drug-likeness (QED) is 0.434. The van der Waals surface area contributed by atoms with E-state index in [2.05, 4.69) is 15.1 Å². The summed E-state index contributed by atoms with van der Waals surface area (Å²) in [6.07, 6.45) is 4.94. The molecule has 0 aliphatic rings. The number of aromatic nitrogens is 3. The fraction of sp³-hybridized carbons (Fsp3) is 0.111. The first-order chi connectivity index (χ1) is 7.74. The number of amides is 1. The van der Waals surface area contributed by atoms with Gasteiger partial charge in [-0.3, -0.25) is 9.48 Å². The van der Waals surface area contributed by atoms with Crippen LogP contribution in [0.2, 0.25) is 0 Å². The molecule has 0 aliphatic heterocycles. The molecule has 0 unspecified atom stereocenters. The standard InChI is InChI=1S/C9H8N6O/c1-14-9(15-4-2-3-5-15)7(6-11-14)8(16)12-13-10/h2-6H,1H3. The monoisotopic (exact) mass is 216 g/mol. The molecule has 7 nitrogen and oxygen atoms in total. The van der Waals surface area contributed by atoms with Crippen molar-refractivity contribution in [2.45, 2.75) is 0 Å². The lowest BCUT2D eigenvalue weighted by Gasteiger charge is -2.04. The average Bonchev–Trinajstić information content (AvgIpc) is 2.86. The molecule has 0 atom stereocenters. The van der Waals surface area contributed by atoms with Crippen molar-refractivity contribution in [3.8, 4) is 5.82 Å². The number of nitrogens with zero attached hydrogens (tertiary/aromatic N) is 6. The van der Waals surface area contributed by atoms with Crippen LogP contribution in [0.25, 0.3) is 16.3 Å². The van der Waals surface area contributed by atoms with Gasteiger partial charge in [-0.2, -0.15) is 5.10 Å². The van der Waals surface area contributed by atoms with Crippen LogP contribution in [-0.4, -0.2) is 20.3 Å². The van der Waals surface area contributed by atoms with E-state index in [0.29, 0.717) is 5.82 Å². The predicted molar refractivity (Wildman–Crippen MR) is 56.0 cm³/mol. The molecule has 0 aliphatic carbocycles. The molecule has 0 radical (unpaired) electrons. The molecule has 0 N–H and O–H groups in total. The highest BCUT2D eigenvalue weighted by molar-refractivity contribution is 5.97. The van der Waals surface area contributed by atoms with E-state index in [-0.39, 0.29) is 5.56 Å². The molecule has 2 aromatic rings. The van der Waals surface area contributed by atoms with Gasteiger partial charge in [-0.25, -0.2) is 0 Å². The van der Waals surface area contributed by atoms with E-state index in [1.165, 1.54) is 6.20 Å². The minimum absolute atomic E-state index is 0.275. The molecule has 0 saturated carbocycles. The number of carbonyl (C=O) groups excluding carboxylic acids is 1. The van der Waals surface area contributed by atoms with Gasteiger partial charge in [-0.15, -0.1) is 0 Å². The maximum absolute atomic E-state index is 11.5. The van der Waals surface area contributed by atoms with Crippen molar-refractivity contribution in [2.24, 2.45) is 12.2 Å². The summed E-state index contributed by atoms with van der Waals surface area (Å²) in [6.45, 7) is 0. The summed E-state index contributed by atoms with van der Waals surface area (Å²) in [4.78, 5) is 14.0. The molecule has 0 saturated heterocycles. The SMILES string of the molecule is Cn1ncc(C(=O)N=[N+]=[N-])c1-n1cccc1. The lowest BCUT2D eigenvalue weighted by atomic mass is 10.3. The van der Waals surface area contributed by atoms with Crippen molar-refractivity contribution in [1.82, 2.24) is 14.3 Å². The molecule has 1 amide bonds. The van der Waals surface area contributed by atoms with Gasteiger partial charge in [0, 0.05) is 24.4 Å². The van der Waals surface area contributed by atoms with E-state index in [1.54, 1.807) is 28.7 Å². The first-order valence-corrected chi connectivity index (χ1v) is 4.49. The number of azide groups is 1. The third-order valence-electron chi connectivity index (χ3n) is 2.12.